The standard InChI is InChI=1S/C10H14ClN3O/c1-2-8-7-15-4-3-14(8)10-6-12-9(11)5-13-10/h5-6,8H,2-4,7H2,1H3. The predicted octanol–water partition coefficient (Wildman–Crippen LogP) is 1.75. The molecule has 0 saturated carbocycles. The number of rotatable bonds is 2. The van der Waals surface area contributed by atoms with Gasteiger partial charge in [-0.2, -0.15) is 0 Å². The first-order valence-electron chi connectivity index (χ1n) is 5.13. The van der Waals surface area contributed by atoms with Crippen LogP contribution in [0.1, 0.15) is 13.3 Å². The Bertz CT molecular complexity index is 317. The Morgan fingerprint density at radius 3 is 3.07 bits per heavy atom. The van der Waals surface area contributed by atoms with E-state index in [1.165, 1.54) is 0 Å². The normalized spacial score (nSPS) is 21.7. The number of hydrogen-bond acceptors (Lipinski definition) is 4. The van der Waals surface area contributed by atoms with Crippen molar-refractivity contribution in [2.24, 2.45) is 0 Å². The van der Waals surface area contributed by atoms with Gasteiger partial charge in [0.1, 0.15) is 11.0 Å². The van der Waals surface area contributed by atoms with Crippen molar-refractivity contribution in [3.8, 4) is 0 Å². The van der Waals surface area contributed by atoms with Crippen LogP contribution in [0.25, 0.3) is 0 Å². The van der Waals surface area contributed by atoms with Gasteiger partial charge in [0.05, 0.1) is 31.6 Å². The highest BCUT2D eigenvalue weighted by Crippen LogP contribution is 2.18. The average Bonchev–Trinajstić information content (AvgIpc) is 2.30. The molecular weight excluding hydrogens is 214 g/mol. The Morgan fingerprint density at radius 2 is 2.40 bits per heavy atom. The van der Waals surface area contributed by atoms with Gasteiger partial charge in [0.15, 0.2) is 0 Å². The molecule has 1 unspecified atom stereocenters. The van der Waals surface area contributed by atoms with Crippen LogP contribution in [0.5, 0.6) is 0 Å². The van der Waals surface area contributed by atoms with Gasteiger partial charge in [-0.25, -0.2) is 9.97 Å². The Labute approximate surface area is 94.2 Å². The highest BCUT2D eigenvalue weighted by Gasteiger charge is 2.22. The summed E-state index contributed by atoms with van der Waals surface area (Å²) in [7, 11) is 0. The van der Waals surface area contributed by atoms with E-state index in [-0.39, 0.29) is 0 Å². The van der Waals surface area contributed by atoms with E-state index in [1.54, 1.807) is 12.4 Å². The third kappa shape index (κ3) is 2.38. The second kappa shape index (κ2) is 4.77. The summed E-state index contributed by atoms with van der Waals surface area (Å²) in [6, 6.07) is 0.397. The van der Waals surface area contributed by atoms with Gasteiger partial charge in [-0.1, -0.05) is 18.5 Å². The molecule has 0 aliphatic carbocycles. The molecular formula is C10H14ClN3O. The Hall–Kier alpha value is -0.870. The fourth-order valence-electron chi connectivity index (χ4n) is 1.75. The maximum absolute atomic E-state index is 5.70. The van der Waals surface area contributed by atoms with Crippen molar-refractivity contribution in [3.63, 3.8) is 0 Å². The second-order valence-electron chi connectivity index (χ2n) is 3.53. The van der Waals surface area contributed by atoms with Crippen molar-refractivity contribution < 1.29 is 4.74 Å². The van der Waals surface area contributed by atoms with Crippen molar-refractivity contribution in [1.29, 1.82) is 0 Å². The molecule has 1 aromatic heterocycles. The molecule has 1 aliphatic heterocycles. The van der Waals surface area contributed by atoms with Crippen LogP contribution in [0.3, 0.4) is 0 Å². The van der Waals surface area contributed by atoms with E-state index in [4.69, 9.17) is 16.3 Å². The van der Waals surface area contributed by atoms with Crippen LogP contribution in [0.4, 0.5) is 5.82 Å². The van der Waals surface area contributed by atoms with E-state index < -0.39 is 0 Å². The van der Waals surface area contributed by atoms with E-state index in [0.717, 1.165) is 32.0 Å². The topological polar surface area (TPSA) is 38.2 Å². The number of nitrogens with zero attached hydrogens (tertiary/aromatic N) is 3. The summed E-state index contributed by atoms with van der Waals surface area (Å²) < 4.78 is 5.43. The molecule has 0 spiro atoms. The van der Waals surface area contributed by atoms with Crippen LogP contribution in [-0.2, 0) is 4.74 Å². The molecule has 4 nitrogen and oxygen atoms in total. The van der Waals surface area contributed by atoms with Crippen LogP contribution in [0, 0.1) is 0 Å². The second-order valence-corrected chi connectivity index (χ2v) is 3.91. The summed E-state index contributed by atoms with van der Waals surface area (Å²) in [5.41, 5.74) is 0. The molecule has 0 radical (unpaired) electrons. The Kier molecular flexibility index (Phi) is 3.38. The molecule has 1 aromatic rings. The first-order valence-corrected chi connectivity index (χ1v) is 5.51. The van der Waals surface area contributed by atoms with Crippen LogP contribution < -0.4 is 4.90 Å². The van der Waals surface area contributed by atoms with Crippen molar-refractivity contribution in [3.05, 3.63) is 17.5 Å². The van der Waals surface area contributed by atoms with Crippen LogP contribution in [0.15, 0.2) is 12.4 Å². The van der Waals surface area contributed by atoms with E-state index in [2.05, 4.69) is 21.8 Å². The van der Waals surface area contributed by atoms with Crippen molar-refractivity contribution >= 4 is 17.4 Å². The number of morpholine rings is 1. The summed E-state index contributed by atoms with van der Waals surface area (Å²) in [4.78, 5) is 10.5. The minimum atomic E-state index is 0.397. The van der Waals surface area contributed by atoms with Crippen molar-refractivity contribution in [1.82, 2.24) is 9.97 Å². The molecule has 1 fully saturated rings. The van der Waals surface area contributed by atoms with Crippen molar-refractivity contribution in [2.75, 3.05) is 24.7 Å². The van der Waals surface area contributed by atoms with Crippen LogP contribution >= 0.6 is 11.6 Å². The summed E-state index contributed by atoms with van der Waals surface area (Å²) >= 11 is 5.70. The lowest BCUT2D eigenvalue weighted by atomic mass is 10.2. The van der Waals surface area contributed by atoms with Crippen LogP contribution in [0.2, 0.25) is 5.15 Å². The zero-order chi connectivity index (χ0) is 10.7. The molecule has 82 valence electrons. The van der Waals surface area contributed by atoms with Gasteiger partial charge in [0.2, 0.25) is 0 Å². The smallest absolute Gasteiger partial charge is 0.147 e. The largest absolute Gasteiger partial charge is 0.377 e. The van der Waals surface area contributed by atoms with E-state index in [1.807, 2.05) is 0 Å². The summed E-state index contributed by atoms with van der Waals surface area (Å²) in [5, 5.41) is 0.431. The monoisotopic (exact) mass is 227 g/mol. The molecule has 0 aromatic carbocycles. The minimum absolute atomic E-state index is 0.397. The highest BCUT2D eigenvalue weighted by molar-refractivity contribution is 6.29. The third-order valence-electron chi connectivity index (χ3n) is 2.60. The molecule has 0 amide bonds. The molecule has 0 bridgehead atoms. The number of halogens is 1. The third-order valence-corrected chi connectivity index (χ3v) is 2.79. The molecule has 5 heteroatoms. The maximum atomic E-state index is 5.70. The maximum Gasteiger partial charge on any atom is 0.147 e. The van der Waals surface area contributed by atoms with E-state index in [0.29, 0.717) is 11.2 Å². The molecule has 2 heterocycles. The molecule has 1 aliphatic rings. The first-order chi connectivity index (χ1) is 7.31. The number of ether oxygens (including phenoxy) is 1. The number of anilines is 1. The van der Waals surface area contributed by atoms with E-state index >= 15 is 0 Å². The fraction of sp³-hybridized carbons (Fsp3) is 0.600. The molecule has 1 atom stereocenters. The van der Waals surface area contributed by atoms with E-state index in [9.17, 15) is 0 Å². The van der Waals surface area contributed by atoms with Crippen LogP contribution in [-0.4, -0.2) is 35.8 Å². The van der Waals surface area contributed by atoms with Gasteiger partial charge in [-0.15, -0.1) is 0 Å². The summed E-state index contributed by atoms with van der Waals surface area (Å²) in [6.45, 7) is 4.53. The molecule has 2 rings (SSSR count). The average molecular weight is 228 g/mol. The quantitative estimate of drug-likeness (QED) is 0.772. The zero-order valence-corrected chi connectivity index (χ0v) is 9.44. The lowest BCUT2D eigenvalue weighted by molar-refractivity contribution is 0.0925. The fourth-order valence-corrected chi connectivity index (χ4v) is 1.85. The Morgan fingerprint density at radius 1 is 1.53 bits per heavy atom. The van der Waals surface area contributed by atoms with Gasteiger partial charge in [-0.05, 0) is 6.42 Å². The molecule has 1 saturated heterocycles. The zero-order valence-electron chi connectivity index (χ0n) is 8.69. The number of aromatic nitrogens is 2. The molecule has 0 N–H and O–H groups in total. The summed E-state index contributed by atoms with van der Waals surface area (Å²) in [6.07, 6.45) is 4.35. The predicted molar refractivity (Wildman–Crippen MR) is 59.3 cm³/mol. The summed E-state index contributed by atoms with van der Waals surface area (Å²) in [5.74, 6) is 0.884. The van der Waals surface area contributed by atoms with Gasteiger partial charge >= 0.3 is 0 Å². The Balaban J connectivity index is 2.16. The van der Waals surface area contributed by atoms with Gasteiger partial charge in [0.25, 0.3) is 0 Å². The number of hydrogen-bond donors (Lipinski definition) is 0. The lowest BCUT2D eigenvalue weighted by Gasteiger charge is -2.35. The SMILES string of the molecule is CCC1COCCN1c1cnc(Cl)cn1. The van der Waals surface area contributed by atoms with Gasteiger partial charge in [-0.3, -0.25) is 0 Å². The highest BCUT2D eigenvalue weighted by atomic mass is 35.5. The van der Waals surface area contributed by atoms with Gasteiger partial charge in [0, 0.05) is 6.54 Å². The lowest BCUT2D eigenvalue weighted by Crippen LogP contribution is -2.45. The van der Waals surface area contributed by atoms with Gasteiger partial charge < -0.3 is 9.64 Å². The van der Waals surface area contributed by atoms with Crippen molar-refractivity contribution in [2.45, 2.75) is 19.4 Å². The minimum Gasteiger partial charge on any atom is -0.377 e. The molecule has 15 heavy (non-hydrogen) atoms. The first kappa shape index (κ1) is 10.6.